The van der Waals surface area contributed by atoms with Gasteiger partial charge in [0.2, 0.25) is 0 Å². The maximum atomic E-state index is 12.9. The van der Waals surface area contributed by atoms with E-state index in [9.17, 15) is 13.2 Å². The molecule has 1 aromatic heterocycles. The Morgan fingerprint density at radius 3 is 2.52 bits per heavy atom. The predicted molar refractivity (Wildman–Crippen MR) is 107 cm³/mol. The van der Waals surface area contributed by atoms with Crippen LogP contribution < -0.4 is 4.90 Å². The highest BCUT2D eigenvalue weighted by molar-refractivity contribution is 7.13. The number of alkyl halides is 3. The van der Waals surface area contributed by atoms with Crippen molar-refractivity contribution in [1.82, 2.24) is 4.98 Å². The van der Waals surface area contributed by atoms with Gasteiger partial charge in [0, 0.05) is 23.5 Å². The summed E-state index contributed by atoms with van der Waals surface area (Å²) >= 11 is 1.41. The number of aromatic nitrogens is 1. The molecule has 0 bridgehead atoms. The maximum absolute atomic E-state index is 12.9. The summed E-state index contributed by atoms with van der Waals surface area (Å²) in [5.41, 5.74) is 2.02. The van der Waals surface area contributed by atoms with E-state index in [1.807, 2.05) is 23.6 Å². The molecule has 0 N–H and O–H groups in total. The fourth-order valence-electron chi connectivity index (χ4n) is 2.60. The number of anilines is 1. The van der Waals surface area contributed by atoms with Gasteiger partial charge in [-0.3, -0.25) is 0 Å². The number of allylic oxidation sites excluding steroid dienone is 3. The Kier molecular flexibility index (Phi) is 7.02. The molecule has 2 rings (SSSR count). The minimum Gasteiger partial charge on any atom is -0.319 e. The Bertz CT molecular complexity index is 806. The number of nitrogens with zero attached hydrogens (tertiary/aromatic N) is 2. The standard InChI is InChI=1S/C21H23F3N2S/c1-5-18(21(22,23)24)11-12-26(15(2)3)20-25-19(14-27-20)16(4)13-17-9-7-6-8-10-17/h5-11,14,16H,1-2,12-13H2,3-4H3/b18-11+. The minimum atomic E-state index is -4.42. The quantitative estimate of drug-likeness (QED) is 0.477. The molecule has 27 heavy (non-hydrogen) atoms. The molecule has 0 saturated carbocycles. The zero-order valence-electron chi connectivity index (χ0n) is 15.5. The lowest BCUT2D eigenvalue weighted by Crippen LogP contribution is -2.22. The molecule has 1 unspecified atom stereocenters. The minimum absolute atomic E-state index is 0.0379. The molecule has 1 atom stereocenters. The van der Waals surface area contributed by atoms with Crippen molar-refractivity contribution in [2.75, 3.05) is 11.4 Å². The van der Waals surface area contributed by atoms with E-state index in [2.05, 4.69) is 37.2 Å². The van der Waals surface area contributed by atoms with Crippen LogP contribution in [0.2, 0.25) is 0 Å². The van der Waals surface area contributed by atoms with Gasteiger partial charge in [-0.05, 0) is 18.9 Å². The number of hydrogen-bond donors (Lipinski definition) is 0. The van der Waals surface area contributed by atoms with Crippen LogP contribution >= 0.6 is 11.3 Å². The predicted octanol–water partition coefficient (Wildman–Crippen LogP) is 6.50. The van der Waals surface area contributed by atoms with Gasteiger partial charge in [-0.2, -0.15) is 13.2 Å². The zero-order chi connectivity index (χ0) is 20.0. The molecule has 1 heterocycles. The lowest BCUT2D eigenvalue weighted by molar-refractivity contribution is -0.0883. The first-order chi connectivity index (χ1) is 12.7. The SMILES string of the molecule is C=C/C(=C\CN(C(=C)C)c1nc(C(C)Cc2ccccc2)cs1)C(F)(F)F. The van der Waals surface area contributed by atoms with E-state index in [0.29, 0.717) is 10.8 Å². The Balaban J connectivity index is 2.16. The summed E-state index contributed by atoms with van der Waals surface area (Å²) in [4.78, 5) is 6.32. The normalized spacial score (nSPS) is 13.3. The Morgan fingerprint density at radius 1 is 1.30 bits per heavy atom. The van der Waals surface area contributed by atoms with Gasteiger partial charge in [0.1, 0.15) is 0 Å². The summed E-state index contributed by atoms with van der Waals surface area (Å²) in [6.45, 7) is 11.0. The van der Waals surface area contributed by atoms with Crippen LogP contribution in [0.25, 0.3) is 0 Å². The molecule has 1 aromatic carbocycles. The van der Waals surface area contributed by atoms with E-state index in [-0.39, 0.29) is 12.5 Å². The van der Waals surface area contributed by atoms with Gasteiger partial charge in [0.05, 0.1) is 11.3 Å². The molecular weight excluding hydrogens is 369 g/mol. The summed E-state index contributed by atoms with van der Waals surface area (Å²) in [7, 11) is 0. The van der Waals surface area contributed by atoms with Gasteiger partial charge in [-0.25, -0.2) is 4.98 Å². The molecule has 2 nitrogen and oxygen atoms in total. The van der Waals surface area contributed by atoms with Gasteiger partial charge < -0.3 is 4.90 Å². The third-order valence-corrected chi connectivity index (χ3v) is 5.01. The summed E-state index contributed by atoms with van der Waals surface area (Å²) in [5.74, 6) is 0.207. The van der Waals surface area contributed by atoms with E-state index < -0.39 is 11.7 Å². The average Bonchev–Trinajstić information content (AvgIpc) is 3.08. The Labute approximate surface area is 162 Å². The molecule has 0 aliphatic rings. The van der Waals surface area contributed by atoms with Gasteiger partial charge in [-0.15, -0.1) is 11.3 Å². The van der Waals surface area contributed by atoms with Crippen LogP contribution in [0, 0.1) is 0 Å². The maximum Gasteiger partial charge on any atom is 0.416 e. The fourth-order valence-corrected chi connectivity index (χ4v) is 3.63. The molecule has 0 saturated heterocycles. The van der Waals surface area contributed by atoms with Gasteiger partial charge in [0.25, 0.3) is 0 Å². The topological polar surface area (TPSA) is 16.1 Å². The Hall–Kier alpha value is -2.34. The second-order valence-electron chi connectivity index (χ2n) is 6.35. The van der Waals surface area contributed by atoms with Crippen molar-refractivity contribution >= 4 is 16.5 Å². The lowest BCUT2D eigenvalue weighted by Gasteiger charge is -2.21. The summed E-state index contributed by atoms with van der Waals surface area (Å²) in [6, 6.07) is 10.1. The van der Waals surface area contributed by atoms with Crippen molar-refractivity contribution in [2.45, 2.75) is 32.4 Å². The number of hydrogen-bond acceptors (Lipinski definition) is 3. The summed E-state index contributed by atoms with van der Waals surface area (Å²) in [5, 5.41) is 2.60. The van der Waals surface area contributed by atoms with Crippen molar-refractivity contribution in [1.29, 1.82) is 0 Å². The third kappa shape index (κ3) is 5.82. The summed E-state index contributed by atoms with van der Waals surface area (Å²) < 4.78 is 38.7. The number of rotatable bonds is 8. The lowest BCUT2D eigenvalue weighted by atomic mass is 9.99. The molecule has 0 amide bonds. The average molecular weight is 392 g/mol. The molecular formula is C21H23F3N2S. The van der Waals surface area contributed by atoms with Crippen LogP contribution in [0.15, 0.2) is 72.3 Å². The van der Waals surface area contributed by atoms with Gasteiger partial charge in [-0.1, -0.05) is 62.6 Å². The van der Waals surface area contributed by atoms with Crippen LogP contribution in [-0.2, 0) is 6.42 Å². The van der Waals surface area contributed by atoms with Crippen LogP contribution in [-0.4, -0.2) is 17.7 Å². The molecule has 0 spiro atoms. The second kappa shape index (κ2) is 9.04. The van der Waals surface area contributed by atoms with Crippen molar-refractivity contribution in [3.05, 3.63) is 83.5 Å². The Morgan fingerprint density at radius 2 is 1.96 bits per heavy atom. The van der Waals surface area contributed by atoms with Crippen molar-refractivity contribution < 1.29 is 13.2 Å². The first-order valence-corrected chi connectivity index (χ1v) is 9.42. The number of benzene rings is 1. The largest absolute Gasteiger partial charge is 0.416 e. The molecule has 0 aliphatic heterocycles. The monoisotopic (exact) mass is 392 g/mol. The van der Waals surface area contributed by atoms with E-state index in [4.69, 9.17) is 0 Å². The van der Waals surface area contributed by atoms with Crippen LogP contribution in [0.4, 0.5) is 18.3 Å². The van der Waals surface area contributed by atoms with Gasteiger partial charge in [0.15, 0.2) is 5.13 Å². The smallest absolute Gasteiger partial charge is 0.319 e. The van der Waals surface area contributed by atoms with Crippen molar-refractivity contribution in [2.24, 2.45) is 0 Å². The highest BCUT2D eigenvalue weighted by Gasteiger charge is 2.31. The second-order valence-corrected chi connectivity index (χ2v) is 7.19. The zero-order valence-corrected chi connectivity index (χ0v) is 16.3. The molecule has 6 heteroatoms. The molecule has 144 valence electrons. The highest BCUT2D eigenvalue weighted by Crippen LogP contribution is 2.30. The fraction of sp³-hybridized carbons (Fsp3) is 0.286. The number of halogens is 3. The third-order valence-electron chi connectivity index (χ3n) is 4.13. The number of thiazole rings is 1. The highest BCUT2D eigenvalue weighted by atomic mass is 32.1. The molecule has 0 fully saturated rings. The van der Waals surface area contributed by atoms with Crippen LogP contribution in [0.3, 0.4) is 0 Å². The van der Waals surface area contributed by atoms with Crippen molar-refractivity contribution in [3.63, 3.8) is 0 Å². The molecule has 0 radical (unpaired) electrons. The van der Waals surface area contributed by atoms with E-state index in [1.165, 1.54) is 16.9 Å². The van der Waals surface area contributed by atoms with Crippen molar-refractivity contribution in [3.8, 4) is 0 Å². The van der Waals surface area contributed by atoms with E-state index in [0.717, 1.165) is 24.3 Å². The molecule has 2 aromatic rings. The van der Waals surface area contributed by atoms with Crippen LogP contribution in [0.5, 0.6) is 0 Å². The first kappa shape index (κ1) is 21.0. The van der Waals surface area contributed by atoms with Crippen LogP contribution in [0.1, 0.15) is 31.0 Å². The molecule has 0 aliphatic carbocycles. The van der Waals surface area contributed by atoms with E-state index in [1.54, 1.807) is 11.8 Å². The van der Waals surface area contributed by atoms with E-state index >= 15 is 0 Å². The first-order valence-electron chi connectivity index (χ1n) is 8.54. The summed E-state index contributed by atoms with van der Waals surface area (Å²) in [6.07, 6.45) is -1.63. The van der Waals surface area contributed by atoms with Gasteiger partial charge >= 0.3 is 6.18 Å².